The van der Waals surface area contributed by atoms with Crippen molar-refractivity contribution in [3.05, 3.63) is 36.5 Å². The summed E-state index contributed by atoms with van der Waals surface area (Å²) in [6.07, 6.45) is 5.16. The predicted molar refractivity (Wildman–Crippen MR) is 68.1 cm³/mol. The fraction of sp³-hybridized carbons (Fsp3) is 0.500. The number of hydrogen-bond donors (Lipinski definition) is 0. The zero-order valence-electron chi connectivity index (χ0n) is 10.6. The molecule has 2 nitrogen and oxygen atoms in total. The van der Waals surface area contributed by atoms with Crippen molar-refractivity contribution in [1.82, 2.24) is 0 Å². The Kier molecular flexibility index (Phi) is 7.27. The molecule has 0 aromatic rings. The summed E-state index contributed by atoms with van der Waals surface area (Å²) in [6.45, 7) is 13.8. The van der Waals surface area contributed by atoms with Crippen molar-refractivity contribution in [2.75, 3.05) is 6.61 Å². The van der Waals surface area contributed by atoms with Gasteiger partial charge in [0.25, 0.3) is 0 Å². The summed E-state index contributed by atoms with van der Waals surface area (Å²) in [4.78, 5) is 11.1. The Balaban J connectivity index is 4.18. The van der Waals surface area contributed by atoms with E-state index < -0.39 is 0 Å². The van der Waals surface area contributed by atoms with Crippen LogP contribution >= 0.6 is 0 Å². The number of esters is 1. The number of rotatable bonds is 7. The number of carbonyl (C=O) groups excluding carboxylic acids is 1. The van der Waals surface area contributed by atoms with Crippen LogP contribution in [0.1, 0.15) is 33.6 Å². The lowest BCUT2D eigenvalue weighted by atomic mass is 10.00. The largest absolute Gasteiger partial charge is 0.461 e. The van der Waals surface area contributed by atoms with Gasteiger partial charge in [0, 0.05) is 12.3 Å². The second-order valence-corrected chi connectivity index (χ2v) is 4.03. The van der Waals surface area contributed by atoms with Gasteiger partial charge in [0.05, 0.1) is 0 Å². The second-order valence-electron chi connectivity index (χ2n) is 4.03. The van der Waals surface area contributed by atoms with E-state index in [2.05, 4.69) is 13.2 Å². The van der Waals surface area contributed by atoms with Crippen LogP contribution in [0.3, 0.4) is 0 Å². The van der Waals surface area contributed by atoms with E-state index >= 15 is 0 Å². The first-order chi connectivity index (χ1) is 7.51. The molecular formula is C14H22O2. The molecular weight excluding hydrogens is 200 g/mol. The van der Waals surface area contributed by atoms with Crippen molar-refractivity contribution < 1.29 is 9.53 Å². The normalized spacial score (nSPS) is 13.1. The lowest BCUT2D eigenvalue weighted by Gasteiger charge is -2.09. The van der Waals surface area contributed by atoms with Gasteiger partial charge in [0.1, 0.15) is 6.61 Å². The van der Waals surface area contributed by atoms with Crippen LogP contribution in [0.4, 0.5) is 0 Å². The van der Waals surface area contributed by atoms with Gasteiger partial charge in [0.15, 0.2) is 0 Å². The van der Waals surface area contributed by atoms with Crippen molar-refractivity contribution in [3.63, 3.8) is 0 Å². The topological polar surface area (TPSA) is 26.3 Å². The Morgan fingerprint density at radius 3 is 2.50 bits per heavy atom. The molecule has 0 bridgehead atoms. The summed E-state index contributed by atoms with van der Waals surface area (Å²) in [5.74, 6) is 0.0191. The molecule has 1 unspecified atom stereocenters. The lowest BCUT2D eigenvalue weighted by molar-refractivity contribution is -0.142. The maximum absolute atomic E-state index is 11.1. The van der Waals surface area contributed by atoms with E-state index in [0.717, 1.165) is 17.6 Å². The standard InChI is InChI=1S/C14H22O2/c1-6-8-14(15)16-10-12(5)9-13(7-2)11(3)4/h7,9,13H,2-3,6,8,10H2,1,4-5H3. The fourth-order valence-corrected chi connectivity index (χ4v) is 1.24. The fourth-order valence-electron chi connectivity index (χ4n) is 1.24. The Morgan fingerprint density at radius 2 is 2.06 bits per heavy atom. The van der Waals surface area contributed by atoms with E-state index in [0.29, 0.717) is 13.0 Å². The van der Waals surface area contributed by atoms with Crippen molar-refractivity contribution in [1.29, 1.82) is 0 Å². The third kappa shape index (κ3) is 6.23. The molecule has 0 aliphatic heterocycles. The van der Waals surface area contributed by atoms with Gasteiger partial charge in [-0.25, -0.2) is 0 Å². The van der Waals surface area contributed by atoms with Crippen LogP contribution in [-0.4, -0.2) is 12.6 Å². The summed E-state index contributed by atoms with van der Waals surface area (Å²) >= 11 is 0. The summed E-state index contributed by atoms with van der Waals surface area (Å²) < 4.78 is 5.10. The van der Waals surface area contributed by atoms with Crippen LogP contribution in [0.2, 0.25) is 0 Å². The molecule has 0 fully saturated rings. The Bertz CT molecular complexity index is 287. The van der Waals surface area contributed by atoms with Crippen LogP contribution in [0.5, 0.6) is 0 Å². The second kappa shape index (κ2) is 7.91. The molecule has 0 aliphatic carbocycles. The minimum absolute atomic E-state index is 0.138. The van der Waals surface area contributed by atoms with Crippen LogP contribution < -0.4 is 0 Å². The maximum atomic E-state index is 11.1. The monoisotopic (exact) mass is 222 g/mol. The van der Waals surface area contributed by atoms with Gasteiger partial charge in [-0.3, -0.25) is 4.79 Å². The lowest BCUT2D eigenvalue weighted by Crippen LogP contribution is -2.06. The van der Waals surface area contributed by atoms with Gasteiger partial charge in [0.2, 0.25) is 0 Å². The highest BCUT2D eigenvalue weighted by Gasteiger charge is 2.04. The minimum atomic E-state index is -0.138. The molecule has 0 aromatic carbocycles. The van der Waals surface area contributed by atoms with Gasteiger partial charge in [-0.1, -0.05) is 31.2 Å². The molecule has 90 valence electrons. The number of hydrogen-bond acceptors (Lipinski definition) is 2. The Morgan fingerprint density at radius 1 is 1.44 bits per heavy atom. The highest BCUT2D eigenvalue weighted by atomic mass is 16.5. The molecule has 0 heterocycles. The molecule has 0 N–H and O–H groups in total. The number of allylic oxidation sites excluding steroid dienone is 3. The smallest absolute Gasteiger partial charge is 0.306 e. The molecule has 1 atom stereocenters. The average molecular weight is 222 g/mol. The molecule has 16 heavy (non-hydrogen) atoms. The van der Waals surface area contributed by atoms with E-state index in [9.17, 15) is 4.79 Å². The third-order valence-electron chi connectivity index (χ3n) is 2.20. The Hall–Kier alpha value is -1.31. The molecule has 0 rings (SSSR count). The summed E-state index contributed by atoms with van der Waals surface area (Å²) in [6, 6.07) is 0. The third-order valence-corrected chi connectivity index (χ3v) is 2.20. The highest BCUT2D eigenvalue weighted by molar-refractivity contribution is 5.69. The molecule has 0 aliphatic rings. The van der Waals surface area contributed by atoms with E-state index in [1.165, 1.54) is 0 Å². The predicted octanol–water partition coefficient (Wildman–Crippen LogP) is 3.65. The van der Waals surface area contributed by atoms with Gasteiger partial charge in [-0.2, -0.15) is 0 Å². The molecule has 0 amide bonds. The number of carbonyl (C=O) groups is 1. The molecule has 0 saturated heterocycles. The van der Waals surface area contributed by atoms with Crippen LogP contribution in [0.25, 0.3) is 0 Å². The van der Waals surface area contributed by atoms with Crippen LogP contribution in [0, 0.1) is 5.92 Å². The van der Waals surface area contributed by atoms with Crippen LogP contribution in [0.15, 0.2) is 36.5 Å². The van der Waals surface area contributed by atoms with Gasteiger partial charge >= 0.3 is 5.97 Å². The first kappa shape index (κ1) is 14.7. The highest BCUT2D eigenvalue weighted by Crippen LogP contribution is 2.13. The van der Waals surface area contributed by atoms with Crippen molar-refractivity contribution >= 4 is 5.97 Å². The first-order valence-electron chi connectivity index (χ1n) is 5.62. The summed E-state index contributed by atoms with van der Waals surface area (Å²) in [5, 5.41) is 0. The van der Waals surface area contributed by atoms with Gasteiger partial charge in [-0.05, 0) is 25.8 Å². The first-order valence-corrected chi connectivity index (χ1v) is 5.62. The minimum Gasteiger partial charge on any atom is -0.461 e. The molecule has 0 spiro atoms. The van der Waals surface area contributed by atoms with E-state index in [1.54, 1.807) is 0 Å². The molecule has 0 radical (unpaired) electrons. The van der Waals surface area contributed by atoms with Crippen molar-refractivity contribution in [2.45, 2.75) is 33.6 Å². The van der Waals surface area contributed by atoms with E-state index in [4.69, 9.17) is 4.74 Å². The molecule has 0 aromatic heterocycles. The molecule has 2 heteroatoms. The SMILES string of the molecule is C=CC(C=C(C)COC(=O)CCC)C(=C)C. The zero-order valence-corrected chi connectivity index (χ0v) is 10.6. The molecule has 0 saturated carbocycles. The van der Waals surface area contributed by atoms with Crippen molar-refractivity contribution in [2.24, 2.45) is 5.92 Å². The quantitative estimate of drug-likeness (QED) is 0.485. The van der Waals surface area contributed by atoms with Crippen LogP contribution in [-0.2, 0) is 9.53 Å². The van der Waals surface area contributed by atoms with Gasteiger partial charge < -0.3 is 4.74 Å². The van der Waals surface area contributed by atoms with Gasteiger partial charge in [-0.15, -0.1) is 6.58 Å². The summed E-state index contributed by atoms with van der Waals surface area (Å²) in [5.41, 5.74) is 2.06. The number of ether oxygens (including phenoxy) is 1. The average Bonchev–Trinajstić information content (AvgIpc) is 2.23. The Labute approximate surface area is 98.7 Å². The van der Waals surface area contributed by atoms with E-state index in [1.807, 2.05) is 32.9 Å². The zero-order chi connectivity index (χ0) is 12.6. The van der Waals surface area contributed by atoms with E-state index in [-0.39, 0.29) is 11.9 Å². The maximum Gasteiger partial charge on any atom is 0.306 e. The van der Waals surface area contributed by atoms with Crippen molar-refractivity contribution in [3.8, 4) is 0 Å². The summed E-state index contributed by atoms with van der Waals surface area (Å²) in [7, 11) is 0.